The molecule has 0 radical (unpaired) electrons. The second-order valence-electron chi connectivity index (χ2n) is 6.04. The second-order valence-corrected chi connectivity index (χ2v) is 6.04. The van der Waals surface area contributed by atoms with E-state index in [1.807, 2.05) is 11.9 Å². The van der Waals surface area contributed by atoms with Crippen LogP contribution in [-0.2, 0) is 4.74 Å². The van der Waals surface area contributed by atoms with E-state index in [2.05, 4.69) is 10.6 Å². The first-order valence-corrected chi connectivity index (χ1v) is 8.07. The summed E-state index contributed by atoms with van der Waals surface area (Å²) >= 11 is 0. The minimum atomic E-state index is 0.122. The van der Waals surface area contributed by atoms with Gasteiger partial charge in [0.15, 0.2) is 0 Å². The first kappa shape index (κ1) is 15.6. The molecule has 20 heavy (non-hydrogen) atoms. The van der Waals surface area contributed by atoms with Crippen LogP contribution in [0.5, 0.6) is 0 Å². The first-order valence-electron chi connectivity index (χ1n) is 8.07. The molecule has 0 unspecified atom stereocenters. The summed E-state index contributed by atoms with van der Waals surface area (Å²) in [6.07, 6.45) is 6.85. The topological polar surface area (TPSA) is 53.6 Å². The standard InChI is InChI=1S/C15H29N3O2/c1-16-12-14(11-13-5-9-20-10-6-13)17-15(19)18-7-3-2-4-8-18/h13-14,16H,2-12H2,1H3,(H,17,19)/t14-/m0/s1. The fourth-order valence-electron chi connectivity index (χ4n) is 3.19. The van der Waals surface area contributed by atoms with Crippen molar-refractivity contribution in [1.29, 1.82) is 0 Å². The zero-order valence-corrected chi connectivity index (χ0v) is 12.7. The molecule has 2 saturated heterocycles. The molecule has 0 bridgehead atoms. The Hall–Kier alpha value is -0.810. The number of hydrogen-bond acceptors (Lipinski definition) is 3. The molecule has 1 atom stereocenters. The summed E-state index contributed by atoms with van der Waals surface area (Å²) in [5.41, 5.74) is 0. The second kappa shape index (κ2) is 8.47. The number of ether oxygens (including phenoxy) is 1. The van der Waals surface area contributed by atoms with Crippen LogP contribution in [0.3, 0.4) is 0 Å². The van der Waals surface area contributed by atoms with Crippen LogP contribution in [-0.4, -0.2) is 56.9 Å². The maximum Gasteiger partial charge on any atom is 0.317 e. The average molecular weight is 283 g/mol. The lowest BCUT2D eigenvalue weighted by molar-refractivity contribution is 0.0606. The fourth-order valence-corrected chi connectivity index (χ4v) is 3.19. The Morgan fingerprint density at radius 2 is 1.95 bits per heavy atom. The Bertz CT molecular complexity index is 287. The van der Waals surface area contributed by atoms with Crippen LogP contribution in [0, 0.1) is 5.92 Å². The van der Waals surface area contributed by atoms with Crippen LogP contribution in [0.1, 0.15) is 38.5 Å². The third kappa shape index (κ3) is 4.94. The quantitative estimate of drug-likeness (QED) is 0.805. The van der Waals surface area contributed by atoms with Gasteiger partial charge in [-0.3, -0.25) is 0 Å². The zero-order valence-electron chi connectivity index (χ0n) is 12.7. The lowest BCUT2D eigenvalue weighted by atomic mass is 9.92. The van der Waals surface area contributed by atoms with E-state index in [1.165, 1.54) is 6.42 Å². The Labute approximate surface area is 122 Å². The molecule has 2 amide bonds. The van der Waals surface area contributed by atoms with Gasteiger partial charge in [0, 0.05) is 38.9 Å². The first-order chi connectivity index (χ1) is 9.79. The number of rotatable bonds is 5. The predicted octanol–water partition coefficient (Wildman–Crippen LogP) is 1.59. The Balaban J connectivity index is 1.79. The lowest BCUT2D eigenvalue weighted by Gasteiger charge is -2.31. The van der Waals surface area contributed by atoms with Gasteiger partial charge < -0.3 is 20.3 Å². The minimum absolute atomic E-state index is 0.122. The Morgan fingerprint density at radius 3 is 2.60 bits per heavy atom. The van der Waals surface area contributed by atoms with Crippen LogP contribution in [0.25, 0.3) is 0 Å². The van der Waals surface area contributed by atoms with Crippen LogP contribution in [0.2, 0.25) is 0 Å². The van der Waals surface area contributed by atoms with E-state index < -0.39 is 0 Å². The van der Waals surface area contributed by atoms with Crippen LogP contribution in [0.15, 0.2) is 0 Å². The molecule has 2 aliphatic rings. The molecule has 0 aromatic carbocycles. The van der Waals surface area contributed by atoms with Gasteiger partial charge in [0.2, 0.25) is 0 Å². The smallest absolute Gasteiger partial charge is 0.317 e. The molecule has 0 aromatic rings. The van der Waals surface area contributed by atoms with Crippen molar-refractivity contribution < 1.29 is 9.53 Å². The number of carbonyl (C=O) groups excluding carboxylic acids is 1. The van der Waals surface area contributed by atoms with E-state index in [0.717, 1.165) is 65.0 Å². The number of piperidine rings is 1. The highest BCUT2D eigenvalue weighted by atomic mass is 16.5. The highest BCUT2D eigenvalue weighted by Crippen LogP contribution is 2.20. The molecule has 2 N–H and O–H groups in total. The van der Waals surface area contributed by atoms with E-state index in [-0.39, 0.29) is 12.1 Å². The third-order valence-electron chi connectivity index (χ3n) is 4.38. The van der Waals surface area contributed by atoms with Crippen molar-refractivity contribution in [3.63, 3.8) is 0 Å². The SMILES string of the molecule is CNC[C@H](CC1CCOCC1)NC(=O)N1CCCCC1. The number of amides is 2. The zero-order chi connectivity index (χ0) is 14.2. The maximum absolute atomic E-state index is 12.3. The number of nitrogens with zero attached hydrogens (tertiary/aromatic N) is 1. The molecular weight excluding hydrogens is 254 g/mol. The van der Waals surface area contributed by atoms with E-state index in [4.69, 9.17) is 4.74 Å². The number of likely N-dealkylation sites (tertiary alicyclic amines) is 1. The molecular formula is C15H29N3O2. The molecule has 116 valence electrons. The average Bonchev–Trinajstić information content (AvgIpc) is 2.49. The lowest BCUT2D eigenvalue weighted by Crippen LogP contribution is -2.50. The summed E-state index contributed by atoms with van der Waals surface area (Å²) in [5.74, 6) is 0.684. The van der Waals surface area contributed by atoms with Crippen LogP contribution in [0.4, 0.5) is 4.79 Å². The molecule has 0 saturated carbocycles. The number of nitrogens with one attached hydrogen (secondary N) is 2. The highest BCUT2D eigenvalue weighted by molar-refractivity contribution is 5.74. The molecule has 0 aliphatic carbocycles. The third-order valence-corrected chi connectivity index (χ3v) is 4.38. The summed E-state index contributed by atoms with van der Waals surface area (Å²) in [6.45, 7) is 4.41. The maximum atomic E-state index is 12.3. The fraction of sp³-hybridized carbons (Fsp3) is 0.933. The van der Waals surface area contributed by atoms with Gasteiger partial charge in [0.05, 0.1) is 0 Å². The Morgan fingerprint density at radius 1 is 1.25 bits per heavy atom. The van der Waals surface area contributed by atoms with Gasteiger partial charge in [-0.25, -0.2) is 4.79 Å². The number of carbonyl (C=O) groups is 1. The summed E-state index contributed by atoms with van der Waals surface area (Å²) < 4.78 is 5.41. The van der Waals surface area contributed by atoms with E-state index in [0.29, 0.717) is 5.92 Å². The number of hydrogen-bond donors (Lipinski definition) is 2. The van der Waals surface area contributed by atoms with E-state index in [1.54, 1.807) is 0 Å². The predicted molar refractivity (Wildman–Crippen MR) is 79.8 cm³/mol. The molecule has 2 heterocycles. The van der Waals surface area contributed by atoms with Crippen LogP contribution >= 0.6 is 0 Å². The van der Waals surface area contributed by atoms with Crippen molar-refractivity contribution in [2.75, 3.05) is 39.9 Å². The van der Waals surface area contributed by atoms with Crippen molar-refractivity contribution >= 4 is 6.03 Å². The van der Waals surface area contributed by atoms with Crippen molar-refractivity contribution in [3.8, 4) is 0 Å². The Kier molecular flexibility index (Phi) is 6.60. The van der Waals surface area contributed by atoms with Gasteiger partial charge in [0.25, 0.3) is 0 Å². The van der Waals surface area contributed by atoms with Crippen molar-refractivity contribution in [3.05, 3.63) is 0 Å². The van der Waals surface area contributed by atoms with Crippen LogP contribution < -0.4 is 10.6 Å². The number of urea groups is 1. The monoisotopic (exact) mass is 283 g/mol. The van der Waals surface area contributed by atoms with Gasteiger partial charge in [-0.2, -0.15) is 0 Å². The molecule has 2 fully saturated rings. The summed E-state index contributed by atoms with van der Waals surface area (Å²) in [7, 11) is 1.95. The van der Waals surface area contributed by atoms with Gasteiger partial charge in [-0.15, -0.1) is 0 Å². The highest BCUT2D eigenvalue weighted by Gasteiger charge is 2.23. The summed E-state index contributed by atoms with van der Waals surface area (Å²) in [4.78, 5) is 14.3. The van der Waals surface area contributed by atoms with Crippen molar-refractivity contribution in [2.45, 2.75) is 44.6 Å². The number of likely N-dealkylation sites (N-methyl/N-ethyl adjacent to an activating group) is 1. The molecule has 5 nitrogen and oxygen atoms in total. The molecule has 0 aromatic heterocycles. The van der Waals surface area contributed by atoms with Gasteiger partial charge in [0.1, 0.15) is 0 Å². The molecule has 5 heteroatoms. The summed E-state index contributed by atoms with van der Waals surface area (Å²) in [6, 6.07) is 0.356. The van der Waals surface area contributed by atoms with Gasteiger partial charge in [-0.05, 0) is 51.5 Å². The minimum Gasteiger partial charge on any atom is -0.381 e. The van der Waals surface area contributed by atoms with Crippen molar-refractivity contribution in [1.82, 2.24) is 15.5 Å². The molecule has 0 spiro atoms. The van der Waals surface area contributed by atoms with E-state index in [9.17, 15) is 4.79 Å². The van der Waals surface area contributed by atoms with Gasteiger partial charge in [-0.1, -0.05) is 0 Å². The van der Waals surface area contributed by atoms with Gasteiger partial charge >= 0.3 is 6.03 Å². The molecule has 2 rings (SSSR count). The van der Waals surface area contributed by atoms with Crippen molar-refractivity contribution in [2.24, 2.45) is 5.92 Å². The normalized spacial score (nSPS) is 22.6. The largest absolute Gasteiger partial charge is 0.381 e. The molecule has 2 aliphatic heterocycles. The van der Waals surface area contributed by atoms with E-state index >= 15 is 0 Å². The summed E-state index contributed by atoms with van der Waals surface area (Å²) in [5, 5.41) is 6.42.